The summed E-state index contributed by atoms with van der Waals surface area (Å²) in [6, 6.07) is 10.3. The lowest BCUT2D eigenvalue weighted by Gasteiger charge is -2.10. The molecular weight excluding hydrogens is 306 g/mol. The van der Waals surface area contributed by atoms with Crippen molar-refractivity contribution >= 4 is 34.7 Å². The molecule has 1 aliphatic heterocycles. The molecule has 1 atom stereocenters. The molecule has 1 aromatic carbocycles. The van der Waals surface area contributed by atoms with Crippen LogP contribution in [0.4, 0.5) is 5.00 Å². The molecule has 3 rings (SSSR count). The third-order valence-electron chi connectivity index (χ3n) is 3.46. The smallest absolute Gasteiger partial charge is 0.226 e. The Balaban J connectivity index is 0.00000161. The Kier molecular flexibility index (Phi) is 5.73. The van der Waals surface area contributed by atoms with Crippen molar-refractivity contribution in [2.45, 2.75) is 25.3 Å². The number of nitrogens with zero attached hydrogens (tertiary/aromatic N) is 1. The molecular formula is C15H18ClN3OS. The first-order valence-electron chi connectivity index (χ1n) is 6.85. The molecule has 0 aliphatic carbocycles. The fourth-order valence-corrected chi connectivity index (χ4v) is 3.19. The predicted molar refractivity (Wildman–Crippen MR) is 89.1 cm³/mol. The molecule has 1 aromatic heterocycles. The van der Waals surface area contributed by atoms with Gasteiger partial charge in [-0.05, 0) is 19.4 Å². The Bertz CT molecular complexity index is 582. The minimum Gasteiger partial charge on any atom is -0.316 e. The maximum atomic E-state index is 12.1. The average molecular weight is 324 g/mol. The van der Waals surface area contributed by atoms with E-state index in [4.69, 9.17) is 0 Å². The third kappa shape index (κ3) is 4.03. The molecule has 1 fully saturated rings. The van der Waals surface area contributed by atoms with Gasteiger partial charge in [0.15, 0.2) is 0 Å². The Morgan fingerprint density at radius 1 is 1.38 bits per heavy atom. The van der Waals surface area contributed by atoms with Crippen molar-refractivity contribution in [1.29, 1.82) is 0 Å². The Labute approximate surface area is 134 Å². The van der Waals surface area contributed by atoms with Crippen molar-refractivity contribution in [2.24, 2.45) is 0 Å². The number of nitrogens with one attached hydrogen (secondary N) is 2. The molecule has 1 saturated heterocycles. The molecule has 112 valence electrons. The van der Waals surface area contributed by atoms with E-state index in [-0.39, 0.29) is 18.3 Å². The van der Waals surface area contributed by atoms with Crippen LogP contribution in [0.15, 0.2) is 35.8 Å². The van der Waals surface area contributed by atoms with Crippen LogP contribution in [0, 0.1) is 0 Å². The lowest BCUT2D eigenvalue weighted by molar-refractivity contribution is -0.116. The van der Waals surface area contributed by atoms with Gasteiger partial charge in [0.1, 0.15) is 10.7 Å². The number of anilines is 1. The monoisotopic (exact) mass is 323 g/mol. The maximum absolute atomic E-state index is 12.1. The van der Waals surface area contributed by atoms with Crippen LogP contribution >= 0.6 is 23.7 Å². The van der Waals surface area contributed by atoms with E-state index in [0.29, 0.717) is 12.5 Å². The van der Waals surface area contributed by atoms with E-state index >= 15 is 0 Å². The Morgan fingerprint density at radius 3 is 2.90 bits per heavy atom. The summed E-state index contributed by atoms with van der Waals surface area (Å²) in [5, 5.41) is 7.17. The zero-order chi connectivity index (χ0) is 13.8. The fourth-order valence-electron chi connectivity index (χ4n) is 2.47. The lowest BCUT2D eigenvalue weighted by atomic mass is 10.1. The van der Waals surface area contributed by atoms with Gasteiger partial charge in [-0.3, -0.25) is 4.79 Å². The minimum atomic E-state index is 0. The predicted octanol–water partition coefficient (Wildman–Crippen LogP) is 3.31. The van der Waals surface area contributed by atoms with Gasteiger partial charge in [0, 0.05) is 18.0 Å². The second kappa shape index (κ2) is 7.54. The van der Waals surface area contributed by atoms with Gasteiger partial charge in [-0.2, -0.15) is 0 Å². The fraction of sp³-hybridized carbons (Fsp3) is 0.333. The Hall–Kier alpha value is -1.43. The highest BCUT2D eigenvalue weighted by atomic mass is 35.5. The third-order valence-corrected chi connectivity index (χ3v) is 4.20. The van der Waals surface area contributed by atoms with Crippen LogP contribution in [0.3, 0.4) is 0 Å². The second-order valence-electron chi connectivity index (χ2n) is 4.94. The van der Waals surface area contributed by atoms with Gasteiger partial charge in [-0.1, -0.05) is 30.3 Å². The molecule has 4 nitrogen and oxygen atoms in total. The molecule has 0 radical (unpaired) electrons. The van der Waals surface area contributed by atoms with Gasteiger partial charge in [-0.15, -0.1) is 23.7 Å². The summed E-state index contributed by atoms with van der Waals surface area (Å²) in [6.45, 7) is 1.02. The highest BCUT2D eigenvalue weighted by Crippen LogP contribution is 2.30. The molecule has 0 saturated carbocycles. The van der Waals surface area contributed by atoms with Gasteiger partial charge in [-0.25, -0.2) is 4.98 Å². The zero-order valence-corrected chi connectivity index (χ0v) is 13.2. The molecule has 2 heterocycles. The summed E-state index contributed by atoms with van der Waals surface area (Å²) >= 11 is 1.47. The summed E-state index contributed by atoms with van der Waals surface area (Å²) in [5.41, 5.74) is 3.65. The van der Waals surface area contributed by atoms with E-state index in [1.54, 1.807) is 5.51 Å². The number of carbonyl (C=O) groups is 1. The lowest BCUT2D eigenvalue weighted by Crippen LogP contribution is -2.27. The summed E-state index contributed by atoms with van der Waals surface area (Å²) in [7, 11) is 0. The molecule has 21 heavy (non-hydrogen) atoms. The van der Waals surface area contributed by atoms with Crippen LogP contribution in [0.25, 0.3) is 11.3 Å². The van der Waals surface area contributed by atoms with Gasteiger partial charge in [0.25, 0.3) is 0 Å². The number of hydrogen-bond acceptors (Lipinski definition) is 4. The Morgan fingerprint density at radius 2 is 2.19 bits per heavy atom. The number of aromatic nitrogens is 1. The van der Waals surface area contributed by atoms with Crippen molar-refractivity contribution in [3.63, 3.8) is 0 Å². The van der Waals surface area contributed by atoms with Crippen LogP contribution in [0.5, 0.6) is 0 Å². The van der Waals surface area contributed by atoms with Crippen molar-refractivity contribution < 1.29 is 4.79 Å². The van der Waals surface area contributed by atoms with Gasteiger partial charge < -0.3 is 10.6 Å². The average Bonchev–Trinajstić information content (AvgIpc) is 3.11. The van der Waals surface area contributed by atoms with Gasteiger partial charge in [0.05, 0.1) is 5.51 Å². The number of thiazole rings is 1. The highest BCUT2D eigenvalue weighted by molar-refractivity contribution is 7.14. The molecule has 2 N–H and O–H groups in total. The largest absolute Gasteiger partial charge is 0.316 e. The molecule has 1 unspecified atom stereocenters. The number of carbonyl (C=O) groups excluding carboxylic acids is 1. The zero-order valence-electron chi connectivity index (χ0n) is 11.5. The molecule has 2 aromatic rings. The van der Waals surface area contributed by atoms with E-state index in [0.717, 1.165) is 35.6 Å². The van der Waals surface area contributed by atoms with Crippen LogP contribution in [0.1, 0.15) is 19.3 Å². The van der Waals surface area contributed by atoms with E-state index in [2.05, 4.69) is 15.6 Å². The molecule has 6 heteroatoms. The number of benzene rings is 1. The first-order chi connectivity index (χ1) is 9.83. The van der Waals surface area contributed by atoms with Crippen molar-refractivity contribution in [2.75, 3.05) is 11.9 Å². The van der Waals surface area contributed by atoms with Crippen molar-refractivity contribution in [1.82, 2.24) is 10.3 Å². The minimum absolute atomic E-state index is 0. The number of amides is 1. The molecule has 1 aliphatic rings. The topological polar surface area (TPSA) is 54.0 Å². The van der Waals surface area contributed by atoms with Crippen LogP contribution in [-0.2, 0) is 4.79 Å². The number of hydrogen-bond donors (Lipinski definition) is 2. The summed E-state index contributed by atoms with van der Waals surface area (Å²) in [6.07, 6.45) is 2.78. The van der Waals surface area contributed by atoms with E-state index in [9.17, 15) is 4.79 Å². The van der Waals surface area contributed by atoms with Crippen LogP contribution in [-0.4, -0.2) is 23.5 Å². The number of halogens is 1. The SMILES string of the molecule is Cl.O=C(CC1CCCN1)Nc1scnc1-c1ccccc1. The normalized spacial score (nSPS) is 17.2. The quantitative estimate of drug-likeness (QED) is 0.907. The van der Waals surface area contributed by atoms with Crippen LogP contribution < -0.4 is 10.6 Å². The van der Waals surface area contributed by atoms with Crippen LogP contribution in [0.2, 0.25) is 0 Å². The van der Waals surface area contributed by atoms with E-state index < -0.39 is 0 Å². The standard InChI is InChI=1S/C15H17N3OS.ClH/c19-13(9-12-7-4-8-16-12)18-15-14(17-10-20-15)11-5-2-1-3-6-11;/h1-3,5-6,10,12,16H,4,7-9H2,(H,18,19);1H. The number of rotatable bonds is 4. The van der Waals surface area contributed by atoms with Crippen molar-refractivity contribution in [3.8, 4) is 11.3 Å². The highest BCUT2D eigenvalue weighted by Gasteiger charge is 2.19. The molecule has 1 amide bonds. The first kappa shape index (κ1) is 15.9. The summed E-state index contributed by atoms with van der Waals surface area (Å²) in [5.74, 6) is 0.0610. The summed E-state index contributed by atoms with van der Waals surface area (Å²) < 4.78 is 0. The van der Waals surface area contributed by atoms with Gasteiger partial charge in [0.2, 0.25) is 5.91 Å². The molecule has 0 bridgehead atoms. The van der Waals surface area contributed by atoms with E-state index in [1.165, 1.54) is 11.3 Å². The summed E-state index contributed by atoms with van der Waals surface area (Å²) in [4.78, 5) is 16.4. The first-order valence-corrected chi connectivity index (χ1v) is 7.73. The second-order valence-corrected chi connectivity index (χ2v) is 5.80. The van der Waals surface area contributed by atoms with E-state index in [1.807, 2.05) is 30.3 Å². The maximum Gasteiger partial charge on any atom is 0.226 e. The van der Waals surface area contributed by atoms with Gasteiger partial charge >= 0.3 is 0 Å². The molecule has 0 spiro atoms. The van der Waals surface area contributed by atoms with Crippen molar-refractivity contribution in [3.05, 3.63) is 35.8 Å².